The largest absolute Gasteiger partial charge is 0.496 e. The Hall–Kier alpha value is -2.38. The minimum Gasteiger partial charge on any atom is -0.496 e. The molecule has 0 aliphatic heterocycles. The first kappa shape index (κ1) is 16.5. The standard InChI is InChI=1S/C17H19N3O3S/c1-19(2)12-15-14-8-10-20(16(14)6-7-17(15)23-3)24(21,22)13-5-4-9-18-11-13/h4-11H,12H2,1-3H3. The van der Waals surface area contributed by atoms with Crippen LogP contribution < -0.4 is 4.74 Å². The van der Waals surface area contributed by atoms with E-state index < -0.39 is 10.0 Å². The molecule has 1 aromatic carbocycles. The van der Waals surface area contributed by atoms with Crippen molar-refractivity contribution in [3.8, 4) is 5.75 Å². The van der Waals surface area contributed by atoms with Crippen LogP contribution in [0.3, 0.4) is 0 Å². The molecule has 0 fully saturated rings. The molecule has 2 heterocycles. The highest BCUT2D eigenvalue weighted by Gasteiger charge is 2.21. The van der Waals surface area contributed by atoms with Crippen LogP contribution in [0.1, 0.15) is 5.56 Å². The first-order chi connectivity index (χ1) is 11.4. The lowest BCUT2D eigenvalue weighted by molar-refractivity contribution is 0.374. The molecular weight excluding hydrogens is 326 g/mol. The van der Waals surface area contributed by atoms with Crippen LogP contribution in [0.15, 0.2) is 53.8 Å². The zero-order chi connectivity index (χ0) is 17.3. The summed E-state index contributed by atoms with van der Waals surface area (Å²) < 4.78 is 32.5. The SMILES string of the molecule is COc1ccc2c(ccn2S(=O)(=O)c2cccnc2)c1CN(C)C. The van der Waals surface area contributed by atoms with Crippen molar-refractivity contribution >= 4 is 20.9 Å². The molecule has 2 aromatic heterocycles. The second-order valence-electron chi connectivity index (χ2n) is 5.72. The third-order valence-corrected chi connectivity index (χ3v) is 5.46. The molecule has 0 bridgehead atoms. The molecule has 0 spiro atoms. The summed E-state index contributed by atoms with van der Waals surface area (Å²) in [5.74, 6) is 0.743. The number of hydrogen-bond acceptors (Lipinski definition) is 5. The Bertz CT molecular complexity index is 963. The first-order valence-electron chi connectivity index (χ1n) is 7.42. The van der Waals surface area contributed by atoms with Gasteiger partial charge in [-0.15, -0.1) is 0 Å². The fourth-order valence-electron chi connectivity index (χ4n) is 2.73. The maximum atomic E-state index is 12.9. The fourth-order valence-corrected chi connectivity index (χ4v) is 4.04. The summed E-state index contributed by atoms with van der Waals surface area (Å²) in [5, 5.41) is 0.857. The number of fused-ring (bicyclic) bond motifs is 1. The second kappa shape index (κ2) is 6.26. The summed E-state index contributed by atoms with van der Waals surface area (Å²) in [6.45, 7) is 0.650. The Morgan fingerprint density at radius 1 is 1.21 bits per heavy atom. The molecule has 0 radical (unpaired) electrons. The molecule has 0 saturated heterocycles. The Kier molecular flexibility index (Phi) is 4.29. The molecule has 24 heavy (non-hydrogen) atoms. The van der Waals surface area contributed by atoms with Gasteiger partial charge in [0.2, 0.25) is 0 Å². The number of aromatic nitrogens is 2. The van der Waals surface area contributed by atoms with Gasteiger partial charge in [-0.1, -0.05) is 0 Å². The van der Waals surface area contributed by atoms with Crippen LogP contribution in [0, 0.1) is 0 Å². The van der Waals surface area contributed by atoms with Gasteiger partial charge in [0.05, 0.1) is 12.6 Å². The van der Waals surface area contributed by atoms with Gasteiger partial charge in [-0.3, -0.25) is 4.98 Å². The van der Waals surface area contributed by atoms with Gasteiger partial charge in [0, 0.05) is 36.1 Å². The van der Waals surface area contributed by atoms with Crippen LogP contribution in [-0.2, 0) is 16.6 Å². The molecule has 0 saturated carbocycles. The maximum Gasteiger partial charge on any atom is 0.269 e. The molecule has 7 heteroatoms. The van der Waals surface area contributed by atoms with Gasteiger partial charge in [-0.2, -0.15) is 0 Å². The van der Waals surface area contributed by atoms with Crippen LogP contribution in [0.25, 0.3) is 10.9 Å². The van der Waals surface area contributed by atoms with E-state index in [0.29, 0.717) is 12.1 Å². The maximum absolute atomic E-state index is 12.9. The van der Waals surface area contributed by atoms with Crippen molar-refractivity contribution < 1.29 is 13.2 Å². The van der Waals surface area contributed by atoms with Crippen molar-refractivity contribution in [3.05, 3.63) is 54.5 Å². The minimum absolute atomic E-state index is 0.160. The molecule has 0 atom stereocenters. The fraction of sp³-hybridized carbons (Fsp3) is 0.235. The van der Waals surface area contributed by atoms with E-state index in [2.05, 4.69) is 4.98 Å². The zero-order valence-electron chi connectivity index (χ0n) is 13.8. The number of rotatable bonds is 5. The number of hydrogen-bond donors (Lipinski definition) is 0. The number of methoxy groups -OCH3 is 1. The van der Waals surface area contributed by atoms with Crippen LogP contribution >= 0.6 is 0 Å². The van der Waals surface area contributed by atoms with Crippen molar-refractivity contribution in [1.29, 1.82) is 0 Å². The van der Waals surface area contributed by atoms with Gasteiger partial charge in [-0.05, 0) is 44.4 Å². The van der Waals surface area contributed by atoms with E-state index in [1.807, 2.05) is 25.1 Å². The van der Waals surface area contributed by atoms with E-state index in [-0.39, 0.29) is 4.90 Å². The van der Waals surface area contributed by atoms with Crippen molar-refractivity contribution in [3.63, 3.8) is 0 Å². The molecule has 3 aromatic rings. The Labute approximate surface area is 141 Å². The van der Waals surface area contributed by atoms with Gasteiger partial charge in [0.25, 0.3) is 10.0 Å². The van der Waals surface area contributed by atoms with E-state index in [4.69, 9.17) is 4.74 Å². The molecule has 0 aliphatic carbocycles. The van der Waals surface area contributed by atoms with Crippen LogP contribution in [-0.4, -0.2) is 43.5 Å². The Balaban J connectivity index is 2.22. The summed E-state index contributed by atoms with van der Waals surface area (Å²) in [6, 6.07) is 8.53. The molecule has 0 amide bonds. The molecule has 0 unspecified atom stereocenters. The topological polar surface area (TPSA) is 64.4 Å². The van der Waals surface area contributed by atoms with Crippen molar-refractivity contribution in [2.75, 3.05) is 21.2 Å². The highest BCUT2D eigenvalue weighted by Crippen LogP contribution is 2.31. The highest BCUT2D eigenvalue weighted by molar-refractivity contribution is 7.90. The van der Waals surface area contributed by atoms with E-state index >= 15 is 0 Å². The summed E-state index contributed by atoms with van der Waals surface area (Å²) in [4.78, 5) is 6.08. The Morgan fingerprint density at radius 2 is 2.00 bits per heavy atom. The third kappa shape index (κ3) is 2.76. The van der Waals surface area contributed by atoms with Crippen molar-refractivity contribution in [2.45, 2.75) is 11.4 Å². The monoisotopic (exact) mass is 345 g/mol. The average Bonchev–Trinajstić information content (AvgIpc) is 3.01. The zero-order valence-corrected chi connectivity index (χ0v) is 14.6. The highest BCUT2D eigenvalue weighted by atomic mass is 32.2. The molecular formula is C17H19N3O3S. The quantitative estimate of drug-likeness (QED) is 0.710. The molecule has 0 N–H and O–H groups in total. The number of ether oxygens (including phenoxy) is 1. The van der Waals surface area contributed by atoms with Crippen LogP contribution in [0.5, 0.6) is 5.75 Å². The lowest BCUT2D eigenvalue weighted by atomic mass is 10.1. The number of nitrogens with zero attached hydrogens (tertiary/aromatic N) is 3. The normalized spacial score (nSPS) is 12.0. The van der Waals surface area contributed by atoms with Crippen molar-refractivity contribution in [1.82, 2.24) is 13.9 Å². The van der Waals surface area contributed by atoms with E-state index in [9.17, 15) is 8.42 Å². The van der Waals surface area contributed by atoms with Crippen LogP contribution in [0.2, 0.25) is 0 Å². The van der Waals surface area contributed by atoms with E-state index in [1.54, 1.807) is 43.8 Å². The van der Waals surface area contributed by atoms with Crippen LogP contribution in [0.4, 0.5) is 0 Å². The first-order valence-corrected chi connectivity index (χ1v) is 8.86. The van der Waals surface area contributed by atoms with Gasteiger partial charge in [0.15, 0.2) is 0 Å². The predicted octanol–water partition coefficient (Wildman–Crippen LogP) is 2.34. The van der Waals surface area contributed by atoms with E-state index in [0.717, 1.165) is 16.7 Å². The molecule has 3 rings (SSSR count). The van der Waals surface area contributed by atoms with Gasteiger partial charge in [0.1, 0.15) is 10.6 Å². The molecule has 0 aliphatic rings. The minimum atomic E-state index is -3.69. The van der Waals surface area contributed by atoms with Gasteiger partial charge < -0.3 is 9.64 Å². The van der Waals surface area contributed by atoms with Gasteiger partial charge in [-0.25, -0.2) is 12.4 Å². The lowest BCUT2D eigenvalue weighted by Crippen LogP contribution is -2.13. The predicted molar refractivity (Wildman–Crippen MR) is 92.7 cm³/mol. The van der Waals surface area contributed by atoms with Crippen molar-refractivity contribution in [2.24, 2.45) is 0 Å². The third-order valence-electron chi connectivity index (χ3n) is 3.79. The molecule has 6 nitrogen and oxygen atoms in total. The lowest BCUT2D eigenvalue weighted by Gasteiger charge is -2.15. The second-order valence-corrected chi connectivity index (χ2v) is 7.54. The summed E-state index contributed by atoms with van der Waals surface area (Å²) in [7, 11) is 1.85. The molecule has 126 valence electrons. The smallest absolute Gasteiger partial charge is 0.269 e. The number of benzene rings is 1. The number of pyridine rings is 1. The summed E-state index contributed by atoms with van der Waals surface area (Å²) >= 11 is 0. The summed E-state index contributed by atoms with van der Waals surface area (Å²) in [5.41, 5.74) is 1.58. The summed E-state index contributed by atoms with van der Waals surface area (Å²) in [6.07, 6.45) is 4.48. The Morgan fingerprint density at radius 3 is 2.62 bits per heavy atom. The van der Waals surface area contributed by atoms with Gasteiger partial charge >= 0.3 is 0 Å². The van der Waals surface area contributed by atoms with E-state index in [1.165, 1.54) is 10.2 Å². The average molecular weight is 345 g/mol.